The van der Waals surface area contributed by atoms with Crippen molar-refractivity contribution < 1.29 is 4.74 Å². The largest absolute Gasteiger partial charge is 0.464 e. The molecule has 1 aromatic rings. The maximum atomic E-state index is 5.89. The highest BCUT2D eigenvalue weighted by atomic mass is 35.5. The molecule has 0 amide bonds. The Morgan fingerprint density at radius 3 is 2.50 bits per heavy atom. The summed E-state index contributed by atoms with van der Waals surface area (Å²) in [5.41, 5.74) is 0. The lowest BCUT2D eigenvalue weighted by atomic mass is 10.1. The van der Waals surface area contributed by atoms with Crippen LogP contribution in [0.1, 0.15) is 34.1 Å². The number of hydrogen-bond acceptors (Lipinski definition) is 5. The van der Waals surface area contributed by atoms with Gasteiger partial charge in [-0.1, -0.05) is 20.3 Å². The van der Waals surface area contributed by atoms with Crippen molar-refractivity contribution in [2.24, 2.45) is 5.92 Å². The summed E-state index contributed by atoms with van der Waals surface area (Å²) < 4.78 is 5.28. The Balaban J connectivity index is 2.90. The molecule has 0 bridgehead atoms. The van der Waals surface area contributed by atoms with Gasteiger partial charge in [0, 0.05) is 13.1 Å². The molecule has 0 saturated carbocycles. The van der Waals surface area contributed by atoms with Gasteiger partial charge in [0.05, 0.1) is 6.61 Å². The van der Waals surface area contributed by atoms with Gasteiger partial charge in [-0.2, -0.15) is 15.0 Å². The van der Waals surface area contributed by atoms with Crippen molar-refractivity contribution in [3.05, 3.63) is 5.28 Å². The number of rotatable bonds is 7. The molecule has 1 atom stereocenters. The van der Waals surface area contributed by atoms with Gasteiger partial charge in [-0.15, -0.1) is 0 Å². The number of halogens is 1. The predicted molar refractivity (Wildman–Crippen MR) is 73.3 cm³/mol. The minimum Gasteiger partial charge on any atom is -0.464 e. The molecule has 102 valence electrons. The summed E-state index contributed by atoms with van der Waals surface area (Å²) in [4.78, 5) is 14.5. The van der Waals surface area contributed by atoms with E-state index in [0.717, 1.165) is 19.5 Å². The quantitative estimate of drug-likeness (QED) is 0.764. The van der Waals surface area contributed by atoms with Crippen LogP contribution >= 0.6 is 11.6 Å². The molecule has 6 heteroatoms. The maximum absolute atomic E-state index is 5.89. The van der Waals surface area contributed by atoms with Gasteiger partial charge in [-0.25, -0.2) is 0 Å². The van der Waals surface area contributed by atoms with Crippen molar-refractivity contribution in [1.29, 1.82) is 0 Å². The van der Waals surface area contributed by atoms with E-state index in [1.165, 1.54) is 0 Å². The number of hydrogen-bond donors (Lipinski definition) is 0. The molecule has 1 aromatic heterocycles. The molecule has 0 aliphatic rings. The molecule has 1 heterocycles. The maximum Gasteiger partial charge on any atom is 0.322 e. The normalized spacial score (nSPS) is 12.3. The molecule has 0 aromatic carbocycles. The molecule has 5 nitrogen and oxygen atoms in total. The van der Waals surface area contributed by atoms with E-state index >= 15 is 0 Å². The molecular formula is C12H21ClN4O. The summed E-state index contributed by atoms with van der Waals surface area (Å²) in [6, 6.07) is 0.287. The van der Waals surface area contributed by atoms with E-state index < -0.39 is 0 Å². The lowest BCUT2D eigenvalue weighted by Gasteiger charge is -2.24. The molecule has 0 N–H and O–H groups in total. The Morgan fingerprint density at radius 2 is 1.94 bits per heavy atom. The van der Waals surface area contributed by atoms with Crippen molar-refractivity contribution in [2.75, 3.05) is 24.6 Å². The monoisotopic (exact) mass is 272 g/mol. The number of ether oxygens (including phenoxy) is 1. The second kappa shape index (κ2) is 7.36. The fraction of sp³-hybridized carbons (Fsp3) is 0.750. The van der Waals surface area contributed by atoms with Gasteiger partial charge in [-0.3, -0.25) is 0 Å². The van der Waals surface area contributed by atoms with Crippen LogP contribution in [0.15, 0.2) is 0 Å². The van der Waals surface area contributed by atoms with Crippen LogP contribution < -0.4 is 9.64 Å². The first-order valence-electron chi connectivity index (χ1n) is 6.39. The Labute approximate surface area is 114 Å². The topological polar surface area (TPSA) is 51.1 Å². The fourth-order valence-electron chi connectivity index (χ4n) is 1.51. The van der Waals surface area contributed by atoms with Gasteiger partial charge >= 0.3 is 6.01 Å². The first kappa shape index (κ1) is 15.0. The van der Waals surface area contributed by atoms with E-state index in [1.807, 2.05) is 6.92 Å². The average molecular weight is 273 g/mol. The zero-order chi connectivity index (χ0) is 13.5. The van der Waals surface area contributed by atoms with Crippen LogP contribution in [0.3, 0.4) is 0 Å². The van der Waals surface area contributed by atoms with Gasteiger partial charge < -0.3 is 9.64 Å². The molecule has 1 unspecified atom stereocenters. The third-order valence-electron chi connectivity index (χ3n) is 2.74. The zero-order valence-corrected chi connectivity index (χ0v) is 12.2. The molecule has 0 spiro atoms. The van der Waals surface area contributed by atoms with Crippen LogP contribution in [0.5, 0.6) is 6.01 Å². The van der Waals surface area contributed by atoms with E-state index in [9.17, 15) is 0 Å². The molecule has 0 aliphatic heterocycles. The molecule has 18 heavy (non-hydrogen) atoms. The second-order valence-corrected chi connectivity index (χ2v) is 4.51. The molecule has 0 fully saturated rings. The smallest absolute Gasteiger partial charge is 0.322 e. The van der Waals surface area contributed by atoms with Crippen molar-refractivity contribution in [3.8, 4) is 6.01 Å². The van der Waals surface area contributed by atoms with Crippen LogP contribution in [-0.2, 0) is 0 Å². The van der Waals surface area contributed by atoms with Crippen molar-refractivity contribution in [3.63, 3.8) is 0 Å². The second-order valence-electron chi connectivity index (χ2n) is 4.17. The lowest BCUT2D eigenvalue weighted by molar-refractivity contribution is 0.311. The fourth-order valence-corrected chi connectivity index (χ4v) is 1.66. The standard InChI is InChI=1S/C12H21ClN4O/c1-5-9(4)8-17(6-2)11-14-10(13)15-12(16-11)18-7-3/h9H,5-8H2,1-4H3. The average Bonchev–Trinajstić information content (AvgIpc) is 2.35. The van der Waals surface area contributed by atoms with Crippen LogP contribution in [0.25, 0.3) is 0 Å². The molecular weight excluding hydrogens is 252 g/mol. The Kier molecular flexibility index (Phi) is 6.12. The summed E-state index contributed by atoms with van der Waals surface area (Å²) in [5, 5.41) is 0.172. The summed E-state index contributed by atoms with van der Waals surface area (Å²) in [6.45, 7) is 10.6. The summed E-state index contributed by atoms with van der Waals surface area (Å²) in [7, 11) is 0. The summed E-state index contributed by atoms with van der Waals surface area (Å²) in [6.07, 6.45) is 1.12. The molecule has 0 saturated heterocycles. The van der Waals surface area contributed by atoms with Gasteiger partial charge in [-0.05, 0) is 31.4 Å². The van der Waals surface area contributed by atoms with Crippen molar-refractivity contribution in [1.82, 2.24) is 15.0 Å². The number of nitrogens with zero attached hydrogens (tertiary/aromatic N) is 4. The predicted octanol–water partition coefficient (Wildman–Crippen LogP) is 2.80. The first-order valence-corrected chi connectivity index (χ1v) is 6.77. The van der Waals surface area contributed by atoms with Gasteiger partial charge in [0.15, 0.2) is 0 Å². The van der Waals surface area contributed by atoms with Crippen LogP contribution in [0, 0.1) is 5.92 Å². The van der Waals surface area contributed by atoms with Gasteiger partial charge in [0.2, 0.25) is 11.2 Å². The first-order chi connectivity index (χ1) is 8.60. The Morgan fingerprint density at radius 1 is 1.22 bits per heavy atom. The van der Waals surface area contributed by atoms with E-state index in [-0.39, 0.29) is 11.3 Å². The molecule has 0 radical (unpaired) electrons. The Bertz CT molecular complexity index is 375. The SMILES string of the molecule is CCOc1nc(Cl)nc(N(CC)CC(C)CC)n1. The van der Waals surface area contributed by atoms with Gasteiger partial charge in [0.25, 0.3) is 0 Å². The minimum absolute atomic E-state index is 0.172. The van der Waals surface area contributed by atoms with Crippen molar-refractivity contribution >= 4 is 17.5 Å². The highest BCUT2D eigenvalue weighted by molar-refractivity contribution is 6.28. The third kappa shape index (κ3) is 4.29. The molecule has 0 aliphatic carbocycles. The zero-order valence-electron chi connectivity index (χ0n) is 11.5. The number of aromatic nitrogens is 3. The highest BCUT2D eigenvalue weighted by Gasteiger charge is 2.14. The van der Waals surface area contributed by atoms with E-state index in [4.69, 9.17) is 16.3 Å². The van der Waals surface area contributed by atoms with E-state index in [2.05, 4.69) is 40.6 Å². The van der Waals surface area contributed by atoms with E-state index in [0.29, 0.717) is 18.5 Å². The highest BCUT2D eigenvalue weighted by Crippen LogP contribution is 2.17. The third-order valence-corrected chi connectivity index (χ3v) is 2.91. The van der Waals surface area contributed by atoms with Crippen molar-refractivity contribution in [2.45, 2.75) is 34.1 Å². The summed E-state index contributed by atoms with van der Waals surface area (Å²) >= 11 is 5.89. The van der Waals surface area contributed by atoms with Gasteiger partial charge in [0.1, 0.15) is 0 Å². The summed E-state index contributed by atoms with van der Waals surface area (Å²) in [5.74, 6) is 1.16. The van der Waals surface area contributed by atoms with Crippen LogP contribution in [-0.4, -0.2) is 34.6 Å². The molecule has 1 rings (SSSR count). The number of anilines is 1. The lowest BCUT2D eigenvalue weighted by Crippen LogP contribution is -2.30. The van der Waals surface area contributed by atoms with Crippen LogP contribution in [0.2, 0.25) is 5.28 Å². The Hall–Kier alpha value is -1.10. The minimum atomic E-state index is 0.172. The van der Waals surface area contributed by atoms with Crippen LogP contribution in [0.4, 0.5) is 5.95 Å². The van der Waals surface area contributed by atoms with E-state index in [1.54, 1.807) is 0 Å².